The molecule has 98 valence electrons. The quantitative estimate of drug-likeness (QED) is 0.859. The Kier molecular flexibility index (Phi) is 4.37. The molecule has 0 saturated heterocycles. The van der Waals surface area contributed by atoms with E-state index in [0.717, 1.165) is 5.56 Å². The van der Waals surface area contributed by atoms with E-state index >= 15 is 0 Å². The molecule has 1 fully saturated rings. The van der Waals surface area contributed by atoms with Crippen LogP contribution in [0.5, 0.6) is 0 Å². The average molecular weight is 247 g/mol. The molecule has 18 heavy (non-hydrogen) atoms. The maximum atomic E-state index is 11.1. The molecule has 2 N–H and O–H groups in total. The molecule has 2 atom stereocenters. The van der Waals surface area contributed by atoms with Crippen LogP contribution >= 0.6 is 0 Å². The first-order valence-corrected chi connectivity index (χ1v) is 6.73. The molecule has 0 heterocycles. The van der Waals surface area contributed by atoms with E-state index in [2.05, 4.69) is 12.2 Å². The summed E-state index contributed by atoms with van der Waals surface area (Å²) >= 11 is 0. The first-order valence-electron chi connectivity index (χ1n) is 6.73. The second-order valence-corrected chi connectivity index (χ2v) is 5.21. The number of aromatic carboxylic acids is 1. The van der Waals surface area contributed by atoms with Crippen molar-refractivity contribution in [2.45, 2.75) is 45.2 Å². The Morgan fingerprint density at radius 3 is 2.78 bits per heavy atom. The number of hydrogen-bond acceptors (Lipinski definition) is 2. The number of rotatable bonds is 4. The maximum absolute atomic E-state index is 11.1. The molecular weight excluding hydrogens is 226 g/mol. The topological polar surface area (TPSA) is 49.3 Å². The fourth-order valence-electron chi connectivity index (χ4n) is 2.74. The van der Waals surface area contributed by atoms with Crippen LogP contribution in [0, 0.1) is 5.92 Å². The van der Waals surface area contributed by atoms with Crippen molar-refractivity contribution in [3.8, 4) is 0 Å². The Bertz CT molecular complexity index is 417. The van der Waals surface area contributed by atoms with Crippen LogP contribution in [-0.2, 0) is 6.54 Å². The minimum Gasteiger partial charge on any atom is -0.478 e. The van der Waals surface area contributed by atoms with Gasteiger partial charge in [0.2, 0.25) is 0 Å². The minimum absolute atomic E-state index is 0.411. The predicted octanol–water partition coefficient (Wildman–Crippen LogP) is 3.05. The van der Waals surface area contributed by atoms with Crippen molar-refractivity contribution in [2.75, 3.05) is 0 Å². The van der Waals surface area contributed by atoms with Crippen LogP contribution in [0.3, 0.4) is 0 Å². The van der Waals surface area contributed by atoms with Crippen molar-refractivity contribution >= 4 is 5.97 Å². The lowest BCUT2D eigenvalue weighted by molar-refractivity contribution is 0.0695. The molecule has 0 bridgehead atoms. The van der Waals surface area contributed by atoms with Gasteiger partial charge in [-0.05, 0) is 30.4 Å². The van der Waals surface area contributed by atoms with Gasteiger partial charge in [0.1, 0.15) is 0 Å². The SMILES string of the molecule is CC1CCCCC1NCc1ccccc1C(=O)O. The van der Waals surface area contributed by atoms with Gasteiger partial charge in [-0.25, -0.2) is 4.79 Å². The highest BCUT2D eigenvalue weighted by Crippen LogP contribution is 2.24. The Hall–Kier alpha value is -1.35. The summed E-state index contributed by atoms with van der Waals surface area (Å²) in [5.41, 5.74) is 1.29. The number of carboxylic acid groups (broad SMARTS) is 1. The number of nitrogens with one attached hydrogen (secondary N) is 1. The summed E-state index contributed by atoms with van der Waals surface area (Å²) in [6.45, 7) is 2.93. The van der Waals surface area contributed by atoms with Gasteiger partial charge in [0, 0.05) is 12.6 Å². The van der Waals surface area contributed by atoms with E-state index in [1.54, 1.807) is 12.1 Å². The standard InChI is InChI=1S/C15H21NO2/c1-11-6-2-5-9-14(11)16-10-12-7-3-4-8-13(12)15(17)18/h3-4,7-8,11,14,16H,2,5-6,9-10H2,1H3,(H,17,18). The van der Waals surface area contributed by atoms with Crippen molar-refractivity contribution in [3.05, 3.63) is 35.4 Å². The summed E-state index contributed by atoms with van der Waals surface area (Å²) < 4.78 is 0. The molecule has 2 unspecified atom stereocenters. The average Bonchev–Trinajstić information content (AvgIpc) is 2.38. The summed E-state index contributed by atoms with van der Waals surface area (Å²) in [4.78, 5) is 11.1. The molecule has 0 radical (unpaired) electrons. The van der Waals surface area contributed by atoms with Gasteiger partial charge in [0.05, 0.1) is 5.56 Å². The third kappa shape index (κ3) is 3.10. The lowest BCUT2D eigenvalue weighted by atomic mass is 9.86. The van der Waals surface area contributed by atoms with Crippen LogP contribution in [0.4, 0.5) is 0 Å². The summed E-state index contributed by atoms with van der Waals surface area (Å²) in [5, 5.41) is 12.6. The van der Waals surface area contributed by atoms with E-state index < -0.39 is 5.97 Å². The fourth-order valence-corrected chi connectivity index (χ4v) is 2.74. The lowest BCUT2D eigenvalue weighted by Gasteiger charge is -2.29. The summed E-state index contributed by atoms with van der Waals surface area (Å²) in [6, 6.07) is 7.76. The maximum Gasteiger partial charge on any atom is 0.336 e. The zero-order chi connectivity index (χ0) is 13.0. The third-order valence-electron chi connectivity index (χ3n) is 3.91. The number of hydrogen-bond donors (Lipinski definition) is 2. The van der Waals surface area contributed by atoms with Crippen LogP contribution in [0.2, 0.25) is 0 Å². The molecule has 1 aliphatic rings. The molecule has 3 nitrogen and oxygen atoms in total. The second kappa shape index (κ2) is 6.01. The van der Waals surface area contributed by atoms with Crippen molar-refractivity contribution in [3.63, 3.8) is 0 Å². The van der Waals surface area contributed by atoms with Gasteiger partial charge in [0.15, 0.2) is 0 Å². The molecule has 3 heteroatoms. The van der Waals surface area contributed by atoms with Crippen LogP contribution < -0.4 is 5.32 Å². The first-order chi connectivity index (χ1) is 8.68. The van der Waals surface area contributed by atoms with Crippen LogP contribution in [-0.4, -0.2) is 17.1 Å². The highest BCUT2D eigenvalue weighted by Gasteiger charge is 2.21. The molecule has 0 aromatic heterocycles. The van der Waals surface area contributed by atoms with Gasteiger partial charge in [-0.3, -0.25) is 0 Å². The second-order valence-electron chi connectivity index (χ2n) is 5.21. The van der Waals surface area contributed by atoms with E-state index in [0.29, 0.717) is 24.1 Å². The highest BCUT2D eigenvalue weighted by molar-refractivity contribution is 5.89. The summed E-state index contributed by atoms with van der Waals surface area (Å²) in [5.74, 6) is -0.153. The summed E-state index contributed by atoms with van der Waals surface area (Å²) in [6.07, 6.45) is 5.09. The van der Waals surface area contributed by atoms with Gasteiger partial charge < -0.3 is 10.4 Å². The molecule has 0 aliphatic heterocycles. The monoisotopic (exact) mass is 247 g/mol. The first kappa shape index (κ1) is 13.1. The van der Waals surface area contributed by atoms with Crippen molar-refractivity contribution in [1.29, 1.82) is 0 Å². The van der Waals surface area contributed by atoms with E-state index in [1.165, 1.54) is 25.7 Å². The number of benzene rings is 1. The van der Waals surface area contributed by atoms with Crippen LogP contribution in [0.1, 0.15) is 48.5 Å². The van der Waals surface area contributed by atoms with Gasteiger partial charge in [0.25, 0.3) is 0 Å². The molecular formula is C15H21NO2. The highest BCUT2D eigenvalue weighted by atomic mass is 16.4. The molecule has 1 saturated carbocycles. The lowest BCUT2D eigenvalue weighted by Crippen LogP contribution is -2.37. The van der Waals surface area contributed by atoms with Crippen molar-refractivity contribution in [2.24, 2.45) is 5.92 Å². The van der Waals surface area contributed by atoms with Crippen molar-refractivity contribution < 1.29 is 9.90 Å². The predicted molar refractivity (Wildman–Crippen MR) is 71.7 cm³/mol. The Labute approximate surface area is 108 Å². The van der Waals surface area contributed by atoms with Crippen molar-refractivity contribution in [1.82, 2.24) is 5.32 Å². The molecule has 1 aliphatic carbocycles. The van der Waals surface area contributed by atoms with E-state index in [1.807, 2.05) is 12.1 Å². The van der Waals surface area contributed by atoms with E-state index in [-0.39, 0.29) is 0 Å². The molecule has 1 aromatic carbocycles. The Morgan fingerprint density at radius 2 is 2.06 bits per heavy atom. The summed E-state index contributed by atoms with van der Waals surface area (Å²) in [7, 11) is 0. The molecule has 1 aromatic rings. The number of carbonyl (C=O) groups is 1. The smallest absolute Gasteiger partial charge is 0.336 e. The molecule has 0 amide bonds. The minimum atomic E-state index is -0.843. The zero-order valence-electron chi connectivity index (χ0n) is 10.9. The molecule has 0 spiro atoms. The number of carboxylic acids is 1. The molecule has 2 rings (SSSR count). The Balaban J connectivity index is 1.99. The van der Waals surface area contributed by atoms with Gasteiger partial charge in [-0.1, -0.05) is 38.0 Å². The Morgan fingerprint density at radius 1 is 1.33 bits per heavy atom. The third-order valence-corrected chi connectivity index (χ3v) is 3.91. The largest absolute Gasteiger partial charge is 0.478 e. The van der Waals surface area contributed by atoms with Crippen LogP contribution in [0.25, 0.3) is 0 Å². The van der Waals surface area contributed by atoms with Crippen LogP contribution in [0.15, 0.2) is 24.3 Å². The van der Waals surface area contributed by atoms with E-state index in [9.17, 15) is 4.79 Å². The van der Waals surface area contributed by atoms with Gasteiger partial charge in [-0.2, -0.15) is 0 Å². The van der Waals surface area contributed by atoms with E-state index in [4.69, 9.17) is 5.11 Å². The zero-order valence-corrected chi connectivity index (χ0v) is 10.9. The normalized spacial score (nSPS) is 23.8. The van der Waals surface area contributed by atoms with Gasteiger partial charge in [-0.15, -0.1) is 0 Å². The van der Waals surface area contributed by atoms with Gasteiger partial charge >= 0.3 is 5.97 Å². The fraction of sp³-hybridized carbons (Fsp3) is 0.533.